The fraction of sp³-hybridized carbons (Fsp3) is 0.241. The van der Waals surface area contributed by atoms with Crippen LogP contribution >= 0.6 is 0 Å². The summed E-state index contributed by atoms with van der Waals surface area (Å²) in [5.74, 6) is 0.131. The van der Waals surface area contributed by atoms with Gasteiger partial charge < -0.3 is 19.7 Å². The van der Waals surface area contributed by atoms with Crippen LogP contribution in [0.1, 0.15) is 36.8 Å². The molecule has 0 spiro atoms. The van der Waals surface area contributed by atoms with E-state index in [0.29, 0.717) is 35.7 Å². The predicted molar refractivity (Wildman–Crippen MR) is 144 cm³/mol. The zero-order valence-corrected chi connectivity index (χ0v) is 21.7. The van der Waals surface area contributed by atoms with Crippen molar-refractivity contribution in [2.45, 2.75) is 32.5 Å². The first-order valence-corrected chi connectivity index (χ1v) is 12.4. The molecule has 0 aliphatic carbocycles. The Labute approximate surface area is 225 Å². The van der Waals surface area contributed by atoms with Crippen LogP contribution in [-0.2, 0) is 4.74 Å². The van der Waals surface area contributed by atoms with Crippen LogP contribution in [0.5, 0.6) is 5.88 Å². The Kier molecular flexibility index (Phi) is 6.81. The summed E-state index contributed by atoms with van der Waals surface area (Å²) in [5, 5.41) is 12.8. The van der Waals surface area contributed by atoms with Gasteiger partial charge in [-0.05, 0) is 74.9 Å². The molecule has 1 N–H and O–H groups in total. The van der Waals surface area contributed by atoms with Gasteiger partial charge in [0.15, 0.2) is 5.65 Å². The van der Waals surface area contributed by atoms with Gasteiger partial charge >= 0.3 is 6.09 Å². The molecule has 0 bridgehead atoms. The third kappa shape index (κ3) is 5.93. The molecule has 1 saturated heterocycles. The van der Waals surface area contributed by atoms with E-state index in [9.17, 15) is 9.59 Å². The number of aromatic nitrogens is 3. The number of carbonyl (C=O) groups excluding carboxylic acids is 2. The number of likely N-dealkylation sites (tertiary alicyclic amines) is 1. The fourth-order valence-corrected chi connectivity index (χ4v) is 3.95. The number of benzene rings is 1. The zero-order chi connectivity index (χ0) is 27.6. The summed E-state index contributed by atoms with van der Waals surface area (Å²) >= 11 is 0. The van der Waals surface area contributed by atoms with Gasteiger partial charge in [0.1, 0.15) is 23.2 Å². The summed E-state index contributed by atoms with van der Waals surface area (Å²) in [6.07, 6.45) is 0.903. The van der Waals surface area contributed by atoms with Crippen molar-refractivity contribution in [3.8, 4) is 23.1 Å². The van der Waals surface area contributed by atoms with Gasteiger partial charge in [0.05, 0.1) is 24.7 Å². The van der Waals surface area contributed by atoms with Crippen molar-refractivity contribution in [3.05, 3.63) is 78.1 Å². The number of ether oxygens (including phenoxy) is 2. The topological polar surface area (TPSA) is 130 Å². The standard InChI is InChI=1S/C29H26N6O4/c1-29(2,3)39-28(37)35-16-21(17-35)38-27-22(19-8-6-18(15-30)7-9-19)11-12-23(32-27)26(36)34-24-13-10-20-5-4-14-31-25(20)33-24/h4-14,21H,16-17H2,1-3H3,(H,31,33,34,36). The molecule has 5 rings (SSSR count). The van der Waals surface area contributed by atoms with Crippen molar-refractivity contribution in [2.75, 3.05) is 18.4 Å². The van der Waals surface area contributed by atoms with Gasteiger partial charge in [-0.1, -0.05) is 12.1 Å². The highest BCUT2D eigenvalue weighted by Gasteiger charge is 2.36. The quantitative estimate of drug-likeness (QED) is 0.395. The van der Waals surface area contributed by atoms with E-state index in [1.54, 1.807) is 53.6 Å². The Hall–Kier alpha value is -5.04. The molecule has 3 aromatic heterocycles. The number of nitrogens with one attached hydrogen (secondary N) is 1. The summed E-state index contributed by atoms with van der Waals surface area (Å²) in [6.45, 7) is 6.09. The maximum absolute atomic E-state index is 13.1. The number of anilines is 1. The largest absolute Gasteiger partial charge is 0.470 e. The molecule has 1 aromatic carbocycles. The predicted octanol–water partition coefficient (Wildman–Crippen LogP) is 4.81. The number of pyridine rings is 3. The minimum absolute atomic E-state index is 0.133. The molecular weight excluding hydrogens is 496 g/mol. The van der Waals surface area contributed by atoms with E-state index >= 15 is 0 Å². The number of amides is 2. The van der Waals surface area contributed by atoms with Crippen molar-refractivity contribution in [1.82, 2.24) is 19.9 Å². The van der Waals surface area contributed by atoms with E-state index < -0.39 is 17.6 Å². The van der Waals surface area contributed by atoms with Crippen LogP contribution < -0.4 is 10.1 Å². The van der Waals surface area contributed by atoms with Crippen LogP contribution in [0.15, 0.2) is 66.9 Å². The van der Waals surface area contributed by atoms with Crippen LogP contribution in [-0.4, -0.2) is 56.6 Å². The lowest BCUT2D eigenvalue weighted by Gasteiger charge is -2.39. The molecule has 4 aromatic rings. The number of carbonyl (C=O) groups is 2. The van der Waals surface area contributed by atoms with Gasteiger partial charge in [0.2, 0.25) is 5.88 Å². The van der Waals surface area contributed by atoms with E-state index in [1.165, 1.54) is 0 Å². The Morgan fingerprint density at radius 1 is 1.03 bits per heavy atom. The lowest BCUT2D eigenvalue weighted by Crippen LogP contribution is -2.57. The SMILES string of the molecule is CC(C)(C)OC(=O)N1CC(Oc2nc(C(=O)Nc3ccc4cccnc4n3)ccc2-c2ccc(C#N)cc2)C1. The number of nitrogens with zero attached hydrogens (tertiary/aromatic N) is 5. The third-order valence-corrected chi connectivity index (χ3v) is 5.90. The second-order valence-electron chi connectivity index (χ2n) is 10.1. The molecule has 0 unspecified atom stereocenters. The van der Waals surface area contributed by atoms with Crippen LogP contribution in [0.4, 0.5) is 10.6 Å². The number of hydrogen-bond donors (Lipinski definition) is 1. The van der Waals surface area contributed by atoms with Crippen LogP contribution in [0.25, 0.3) is 22.2 Å². The number of fused-ring (bicyclic) bond motifs is 1. The summed E-state index contributed by atoms with van der Waals surface area (Å²) in [7, 11) is 0. The summed E-state index contributed by atoms with van der Waals surface area (Å²) in [6, 6.07) is 19.7. The van der Waals surface area contributed by atoms with E-state index in [4.69, 9.17) is 14.7 Å². The lowest BCUT2D eigenvalue weighted by atomic mass is 10.0. The molecule has 1 fully saturated rings. The second-order valence-corrected chi connectivity index (χ2v) is 10.1. The number of hydrogen-bond acceptors (Lipinski definition) is 8. The van der Waals surface area contributed by atoms with Crippen molar-refractivity contribution < 1.29 is 19.1 Å². The lowest BCUT2D eigenvalue weighted by molar-refractivity contribution is -0.0230. The Morgan fingerprint density at radius 2 is 1.79 bits per heavy atom. The molecule has 10 nitrogen and oxygen atoms in total. The van der Waals surface area contributed by atoms with Crippen LogP contribution in [0, 0.1) is 11.3 Å². The zero-order valence-electron chi connectivity index (χ0n) is 21.7. The van der Waals surface area contributed by atoms with Gasteiger partial charge in [-0.2, -0.15) is 5.26 Å². The molecule has 0 radical (unpaired) electrons. The molecule has 1 aliphatic heterocycles. The van der Waals surface area contributed by atoms with Crippen LogP contribution in [0.2, 0.25) is 0 Å². The van der Waals surface area contributed by atoms with E-state index in [1.807, 2.05) is 39.0 Å². The van der Waals surface area contributed by atoms with Crippen molar-refractivity contribution >= 4 is 28.9 Å². The molecular formula is C29H26N6O4. The monoisotopic (exact) mass is 522 g/mol. The first kappa shape index (κ1) is 25.6. The Bertz CT molecular complexity index is 1580. The summed E-state index contributed by atoms with van der Waals surface area (Å²) in [5.41, 5.74) is 2.00. The molecule has 0 atom stereocenters. The third-order valence-electron chi connectivity index (χ3n) is 5.90. The highest BCUT2D eigenvalue weighted by molar-refractivity contribution is 6.03. The molecule has 39 heavy (non-hydrogen) atoms. The van der Waals surface area contributed by atoms with E-state index in [2.05, 4.69) is 26.3 Å². The van der Waals surface area contributed by atoms with Crippen molar-refractivity contribution in [3.63, 3.8) is 0 Å². The summed E-state index contributed by atoms with van der Waals surface area (Å²) < 4.78 is 11.6. The first-order valence-electron chi connectivity index (χ1n) is 12.4. The van der Waals surface area contributed by atoms with Crippen molar-refractivity contribution in [1.29, 1.82) is 5.26 Å². The first-order chi connectivity index (χ1) is 18.7. The van der Waals surface area contributed by atoms with Gasteiger partial charge in [0, 0.05) is 17.1 Å². The number of nitriles is 1. The van der Waals surface area contributed by atoms with Crippen molar-refractivity contribution in [2.24, 2.45) is 0 Å². The minimum Gasteiger partial charge on any atom is -0.470 e. The maximum atomic E-state index is 13.1. The highest BCUT2D eigenvalue weighted by atomic mass is 16.6. The average molecular weight is 523 g/mol. The van der Waals surface area contributed by atoms with E-state index in [-0.39, 0.29) is 17.7 Å². The van der Waals surface area contributed by atoms with Crippen LogP contribution in [0.3, 0.4) is 0 Å². The molecule has 1 aliphatic rings. The van der Waals surface area contributed by atoms with Gasteiger partial charge in [0.25, 0.3) is 5.91 Å². The normalized spacial score (nSPS) is 13.3. The molecule has 4 heterocycles. The number of rotatable bonds is 5. The maximum Gasteiger partial charge on any atom is 0.410 e. The molecule has 2 amide bonds. The van der Waals surface area contributed by atoms with Gasteiger partial charge in [-0.25, -0.2) is 19.7 Å². The summed E-state index contributed by atoms with van der Waals surface area (Å²) in [4.78, 5) is 40.1. The van der Waals surface area contributed by atoms with Gasteiger partial charge in [-0.15, -0.1) is 0 Å². The molecule has 0 saturated carbocycles. The minimum atomic E-state index is -0.592. The molecule has 10 heteroatoms. The van der Waals surface area contributed by atoms with E-state index in [0.717, 1.165) is 10.9 Å². The molecule has 196 valence electrons. The Balaban J connectivity index is 1.37. The highest BCUT2D eigenvalue weighted by Crippen LogP contribution is 2.31. The average Bonchev–Trinajstić information content (AvgIpc) is 2.89. The second kappa shape index (κ2) is 10.4. The Morgan fingerprint density at radius 3 is 2.51 bits per heavy atom. The van der Waals surface area contributed by atoms with Gasteiger partial charge in [-0.3, -0.25) is 4.79 Å². The fourth-order valence-electron chi connectivity index (χ4n) is 3.95. The smallest absolute Gasteiger partial charge is 0.410 e.